The normalized spacial score (nSPS) is 9.86. The zero-order valence-electron chi connectivity index (χ0n) is 12.3. The first-order valence-corrected chi connectivity index (χ1v) is 7.01. The lowest BCUT2D eigenvalue weighted by Gasteiger charge is -2.09. The van der Waals surface area contributed by atoms with Crippen molar-refractivity contribution in [2.45, 2.75) is 6.92 Å². The summed E-state index contributed by atoms with van der Waals surface area (Å²) in [6.07, 6.45) is -0.545. The molecule has 0 spiro atoms. The Hall–Kier alpha value is -2.82. The fraction of sp³-hybridized carbons (Fsp3) is 0.176. The van der Waals surface area contributed by atoms with Crippen LogP contribution in [0, 0.1) is 6.92 Å². The molecule has 2 amide bonds. The van der Waals surface area contributed by atoms with Gasteiger partial charge in [0.25, 0.3) is 5.91 Å². The molecule has 2 rings (SSSR count). The van der Waals surface area contributed by atoms with E-state index >= 15 is 0 Å². The molecule has 0 aliphatic carbocycles. The van der Waals surface area contributed by atoms with E-state index in [1.54, 1.807) is 30.3 Å². The van der Waals surface area contributed by atoms with Crippen LogP contribution in [0.25, 0.3) is 0 Å². The number of aryl methyl sites for hydroxylation is 1. The number of hydrogen-bond donors (Lipinski definition) is 2. The Labute approximate surface area is 129 Å². The molecular formula is C17H18N2O3. The van der Waals surface area contributed by atoms with Crippen LogP contribution < -0.4 is 15.4 Å². The van der Waals surface area contributed by atoms with Gasteiger partial charge in [0.05, 0.1) is 0 Å². The van der Waals surface area contributed by atoms with E-state index in [1.165, 1.54) is 0 Å². The van der Waals surface area contributed by atoms with Crippen molar-refractivity contribution in [2.24, 2.45) is 0 Å². The summed E-state index contributed by atoms with van der Waals surface area (Å²) in [6, 6.07) is 16.1. The van der Waals surface area contributed by atoms with Gasteiger partial charge >= 0.3 is 6.09 Å². The summed E-state index contributed by atoms with van der Waals surface area (Å²) >= 11 is 0. The molecule has 0 unspecified atom stereocenters. The number of carbonyl (C=O) groups excluding carboxylic acids is 2. The molecule has 0 aliphatic heterocycles. The Morgan fingerprint density at radius 1 is 0.909 bits per heavy atom. The SMILES string of the molecule is Cc1ccccc1C(=O)NCCNC(=O)Oc1ccccc1. The molecule has 0 aliphatic rings. The molecule has 2 N–H and O–H groups in total. The van der Waals surface area contributed by atoms with Crippen molar-refractivity contribution in [3.05, 3.63) is 65.7 Å². The zero-order chi connectivity index (χ0) is 15.8. The number of ether oxygens (including phenoxy) is 1. The van der Waals surface area contributed by atoms with Gasteiger partial charge in [-0.15, -0.1) is 0 Å². The quantitative estimate of drug-likeness (QED) is 0.833. The standard InChI is InChI=1S/C17H18N2O3/c1-13-7-5-6-10-15(13)16(20)18-11-12-19-17(21)22-14-8-3-2-4-9-14/h2-10H,11-12H2,1H3,(H,18,20)(H,19,21). The third-order valence-corrected chi connectivity index (χ3v) is 3.02. The monoisotopic (exact) mass is 298 g/mol. The highest BCUT2D eigenvalue weighted by Crippen LogP contribution is 2.08. The fourth-order valence-electron chi connectivity index (χ4n) is 1.90. The summed E-state index contributed by atoms with van der Waals surface area (Å²) in [6.45, 7) is 2.50. The Kier molecular flexibility index (Phi) is 5.54. The summed E-state index contributed by atoms with van der Waals surface area (Å²) in [7, 11) is 0. The lowest BCUT2D eigenvalue weighted by atomic mass is 10.1. The maximum absolute atomic E-state index is 11.9. The first-order chi connectivity index (χ1) is 10.7. The van der Waals surface area contributed by atoms with Crippen LogP contribution in [-0.2, 0) is 0 Å². The van der Waals surface area contributed by atoms with Gasteiger partial charge in [0, 0.05) is 18.7 Å². The molecule has 0 saturated heterocycles. The van der Waals surface area contributed by atoms with E-state index in [4.69, 9.17) is 4.74 Å². The third kappa shape index (κ3) is 4.63. The number of carbonyl (C=O) groups is 2. The van der Waals surface area contributed by atoms with Gasteiger partial charge in [-0.05, 0) is 30.7 Å². The van der Waals surface area contributed by atoms with Crippen molar-refractivity contribution in [2.75, 3.05) is 13.1 Å². The predicted octanol–water partition coefficient (Wildman–Crippen LogP) is 2.51. The molecule has 0 radical (unpaired) electrons. The van der Waals surface area contributed by atoms with Crippen LogP contribution in [0.4, 0.5) is 4.79 Å². The van der Waals surface area contributed by atoms with Gasteiger partial charge in [-0.1, -0.05) is 36.4 Å². The highest BCUT2D eigenvalue weighted by Gasteiger charge is 2.07. The van der Waals surface area contributed by atoms with Crippen molar-refractivity contribution >= 4 is 12.0 Å². The first kappa shape index (κ1) is 15.6. The van der Waals surface area contributed by atoms with Crippen LogP contribution in [0.5, 0.6) is 5.75 Å². The van der Waals surface area contributed by atoms with E-state index in [9.17, 15) is 9.59 Å². The number of nitrogens with one attached hydrogen (secondary N) is 2. The molecule has 0 fully saturated rings. The Balaban J connectivity index is 1.70. The Morgan fingerprint density at radius 2 is 1.55 bits per heavy atom. The predicted molar refractivity (Wildman–Crippen MR) is 84.0 cm³/mol. The summed E-state index contributed by atoms with van der Waals surface area (Å²) in [5.74, 6) is 0.320. The smallest absolute Gasteiger partial charge is 0.410 e. The lowest BCUT2D eigenvalue weighted by Crippen LogP contribution is -2.36. The largest absolute Gasteiger partial charge is 0.412 e. The van der Waals surface area contributed by atoms with Crippen molar-refractivity contribution < 1.29 is 14.3 Å². The van der Waals surface area contributed by atoms with Gasteiger partial charge < -0.3 is 15.4 Å². The van der Waals surface area contributed by atoms with Crippen molar-refractivity contribution in [1.82, 2.24) is 10.6 Å². The minimum absolute atomic E-state index is 0.156. The molecule has 22 heavy (non-hydrogen) atoms. The van der Waals surface area contributed by atoms with Gasteiger partial charge in [-0.2, -0.15) is 0 Å². The van der Waals surface area contributed by atoms with Crippen LogP contribution in [-0.4, -0.2) is 25.1 Å². The Bertz CT molecular complexity index is 641. The topological polar surface area (TPSA) is 67.4 Å². The maximum atomic E-state index is 11.9. The second-order valence-corrected chi connectivity index (χ2v) is 4.70. The van der Waals surface area contributed by atoms with E-state index in [0.717, 1.165) is 5.56 Å². The average Bonchev–Trinajstić information content (AvgIpc) is 2.53. The molecule has 0 bridgehead atoms. The number of rotatable bonds is 5. The lowest BCUT2D eigenvalue weighted by molar-refractivity contribution is 0.0952. The number of amides is 2. The van der Waals surface area contributed by atoms with Gasteiger partial charge in [-0.3, -0.25) is 4.79 Å². The van der Waals surface area contributed by atoms with Gasteiger partial charge in [0.2, 0.25) is 0 Å². The summed E-state index contributed by atoms with van der Waals surface area (Å²) in [5.41, 5.74) is 1.55. The minimum atomic E-state index is -0.545. The average molecular weight is 298 g/mol. The van der Waals surface area contributed by atoms with Crippen LogP contribution in [0.1, 0.15) is 15.9 Å². The maximum Gasteiger partial charge on any atom is 0.412 e. The second-order valence-electron chi connectivity index (χ2n) is 4.70. The van der Waals surface area contributed by atoms with Crippen LogP contribution in [0.3, 0.4) is 0 Å². The van der Waals surface area contributed by atoms with E-state index in [1.807, 2.05) is 31.2 Å². The van der Waals surface area contributed by atoms with Gasteiger partial charge in [0.1, 0.15) is 5.75 Å². The van der Waals surface area contributed by atoms with E-state index in [0.29, 0.717) is 24.4 Å². The molecule has 0 atom stereocenters. The van der Waals surface area contributed by atoms with Gasteiger partial charge in [0.15, 0.2) is 0 Å². The molecule has 5 nitrogen and oxygen atoms in total. The minimum Gasteiger partial charge on any atom is -0.410 e. The molecule has 0 aromatic heterocycles. The highest BCUT2D eigenvalue weighted by atomic mass is 16.6. The zero-order valence-corrected chi connectivity index (χ0v) is 12.3. The van der Waals surface area contributed by atoms with Crippen molar-refractivity contribution in [3.8, 4) is 5.75 Å². The van der Waals surface area contributed by atoms with E-state index in [2.05, 4.69) is 10.6 Å². The number of benzene rings is 2. The Morgan fingerprint density at radius 3 is 2.27 bits per heavy atom. The summed E-state index contributed by atoms with van der Waals surface area (Å²) in [5, 5.41) is 5.33. The molecule has 0 saturated carbocycles. The summed E-state index contributed by atoms with van der Waals surface area (Å²) in [4.78, 5) is 23.5. The number of para-hydroxylation sites is 1. The van der Waals surface area contributed by atoms with E-state index in [-0.39, 0.29) is 5.91 Å². The second kappa shape index (κ2) is 7.83. The molecule has 2 aromatic carbocycles. The van der Waals surface area contributed by atoms with Crippen molar-refractivity contribution in [1.29, 1.82) is 0 Å². The van der Waals surface area contributed by atoms with Crippen LogP contribution >= 0.6 is 0 Å². The molecule has 5 heteroatoms. The third-order valence-electron chi connectivity index (χ3n) is 3.02. The van der Waals surface area contributed by atoms with E-state index < -0.39 is 6.09 Å². The van der Waals surface area contributed by atoms with Crippen LogP contribution in [0.15, 0.2) is 54.6 Å². The molecule has 2 aromatic rings. The van der Waals surface area contributed by atoms with Crippen molar-refractivity contribution in [3.63, 3.8) is 0 Å². The molecular weight excluding hydrogens is 280 g/mol. The fourth-order valence-corrected chi connectivity index (χ4v) is 1.90. The molecule has 0 heterocycles. The highest BCUT2D eigenvalue weighted by molar-refractivity contribution is 5.95. The summed E-state index contributed by atoms with van der Waals surface area (Å²) < 4.78 is 5.06. The molecule has 114 valence electrons. The van der Waals surface area contributed by atoms with Crippen LogP contribution in [0.2, 0.25) is 0 Å². The number of hydrogen-bond acceptors (Lipinski definition) is 3. The van der Waals surface area contributed by atoms with Gasteiger partial charge in [-0.25, -0.2) is 4.79 Å². The first-order valence-electron chi connectivity index (χ1n) is 7.01.